The van der Waals surface area contributed by atoms with Crippen LogP contribution < -0.4 is 4.74 Å². The van der Waals surface area contributed by atoms with Gasteiger partial charge < -0.3 is 14.2 Å². The Kier molecular flexibility index (Phi) is 5.31. The van der Waals surface area contributed by atoms with Gasteiger partial charge in [0.05, 0.1) is 0 Å². The van der Waals surface area contributed by atoms with Crippen molar-refractivity contribution in [1.29, 1.82) is 0 Å². The van der Waals surface area contributed by atoms with Gasteiger partial charge in [-0.25, -0.2) is 4.39 Å². The molecule has 1 atom stereocenters. The van der Waals surface area contributed by atoms with Crippen molar-refractivity contribution in [3.63, 3.8) is 0 Å². The summed E-state index contributed by atoms with van der Waals surface area (Å²) in [7, 11) is 0. The molecule has 134 valence electrons. The predicted octanol–water partition coefficient (Wildman–Crippen LogP) is 2.94. The van der Waals surface area contributed by atoms with E-state index in [9.17, 15) is 9.18 Å². The van der Waals surface area contributed by atoms with Crippen molar-refractivity contribution >= 4 is 5.91 Å². The lowest BCUT2D eigenvalue weighted by Crippen LogP contribution is -2.44. The highest BCUT2D eigenvalue weighted by molar-refractivity contribution is 5.81. The normalized spacial score (nSPS) is 16.7. The van der Waals surface area contributed by atoms with Crippen molar-refractivity contribution in [2.75, 3.05) is 13.1 Å². The number of ether oxygens (including phenoxy) is 1. The van der Waals surface area contributed by atoms with Gasteiger partial charge in [0.15, 0.2) is 11.9 Å². The summed E-state index contributed by atoms with van der Waals surface area (Å²) >= 11 is 0. The summed E-state index contributed by atoms with van der Waals surface area (Å²) in [5.74, 6) is 1.66. The highest BCUT2D eigenvalue weighted by Crippen LogP contribution is 2.27. The molecule has 1 fully saturated rings. The number of benzene rings is 1. The van der Waals surface area contributed by atoms with Crippen molar-refractivity contribution < 1.29 is 18.4 Å². The van der Waals surface area contributed by atoms with Crippen molar-refractivity contribution in [2.45, 2.75) is 45.1 Å². The SMILES string of the molecule is CCc1noc(C2CCN(C(=O)[C@H](C)Oc3ccc(F)cc3)CC2)n1. The minimum atomic E-state index is -0.614. The number of halogens is 1. The summed E-state index contributed by atoms with van der Waals surface area (Å²) in [6.07, 6.45) is 1.72. The Balaban J connectivity index is 1.52. The number of hydrogen-bond donors (Lipinski definition) is 0. The van der Waals surface area contributed by atoms with Gasteiger partial charge in [0.25, 0.3) is 5.91 Å². The maximum absolute atomic E-state index is 12.9. The Morgan fingerprint density at radius 2 is 2.04 bits per heavy atom. The van der Waals surface area contributed by atoms with Crippen LogP contribution in [-0.2, 0) is 11.2 Å². The van der Waals surface area contributed by atoms with E-state index in [4.69, 9.17) is 9.26 Å². The Bertz CT molecular complexity index is 709. The molecule has 6 nitrogen and oxygen atoms in total. The summed E-state index contributed by atoms with van der Waals surface area (Å²) in [5, 5.41) is 3.93. The van der Waals surface area contributed by atoms with Crippen molar-refractivity contribution in [3.05, 3.63) is 41.8 Å². The molecule has 0 N–H and O–H groups in total. The summed E-state index contributed by atoms with van der Waals surface area (Å²) in [5.41, 5.74) is 0. The summed E-state index contributed by atoms with van der Waals surface area (Å²) in [4.78, 5) is 18.7. The molecule has 0 unspecified atom stereocenters. The third kappa shape index (κ3) is 4.15. The third-order valence-electron chi connectivity index (χ3n) is 4.43. The number of carbonyl (C=O) groups is 1. The van der Waals surface area contributed by atoms with E-state index in [0.717, 1.165) is 25.1 Å². The lowest BCUT2D eigenvalue weighted by atomic mass is 9.96. The van der Waals surface area contributed by atoms with Gasteiger partial charge >= 0.3 is 0 Å². The Morgan fingerprint density at radius 3 is 2.64 bits per heavy atom. The molecule has 0 radical (unpaired) electrons. The molecule has 1 amide bonds. The van der Waals surface area contributed by atoms with Gasteiger partial charge in [0.1, 0.15) is 11.6 Å². The van der Waals surface area contributed by atoms with Crippen molar-refractivity contribution in [3.8, 4) is 5.75 Å². The minimum absolute atomic E-state index is 0.0671. The van der Waals surface area contributed by atoms with Gasteiger partial charge in [-0.3, -0.25) is 4.79 Å². The zero-order chi connectivity index (χ0) is 17.8. The van der Waals surface area contributed by atoms with Crippen LogP contribution in [0.3, 0.4) is 0 Å². The standard InChI is InChI=1S/C18H22FN3O3/c1-3-16-20-17(25-21-16)13-8-10-22(11-9-13)18(23)12(2)24-15-6-4-14(19)5-7-15/h4-7,12-13H,3,8-11H2,1-2H3/t12-/m0/s1. The molecular formula is C18H22FN3O3. The largest absolute Gasteiger partial charge is 0.481 e. The van der Waals surface area contributed by atoms with Crippen LogP contribution >= 0.6 is 0 Å². The molecule has 3 rings (SSSR count). The quantitative estimate of drug-likeness (QED) is 0.832. The number of nitrogens with zero attached hydrogens (tertiary/aromatic N) is 3. The van der Waals surface area contributed by atoms with Crippen LogP contribution in [-0.4, -0.2) is 40.1 Å². The number of rotatable bonds is 5. The van der Waals surface area contributed by atoms with Gasteiger partial charge in [-0.05, 0) is 44.0 Å². The fraction of sp³-hybridized carbons (Fsp3) is 0.500. The Labute approximate surface area is 146 Å². The van der Waals surface area contributed by atoms with Crippen LogP contribution in [0.4, 0.5) is 4.39 Å². The molecule has 25 heavy (non-hydrogen) atoms. The number of carbonyl (C=O) groups excluding carboxylic acids is 1. The first-order valence-corrected chi connectivity index (χ1v) is 8.60. The van der Waals surface area contributed by atoms with Crippen LogP contribution in [0.15, 0.2) is 28.8 Å². The highest BCUT2D eigenvalue weighted by Gasteiger charge is 2.30. The highest BCUT2D eigenvalue weighted by atomic mass is 19.1. The molecular weight excluding hydrogens is 325 g/mol. The van der Waals surface area contributed by atoms with Gasteiger partial charge in [0, 0.05) is 25.4 Å². The number of amides is 1. The van der Waals surface area contributed by atoms with Crippen molar-refractivity contribution in [1.82, 2.24) is 15.0 Å². The topological polar surface area (TPSA) is 68.5 Å². The lowest BCUT2D eigenvalue weighted by Gasteiger charge is -2.32. The van der Waals surface area contributed by atoms with E-state index < -0.39 is 6.10 Å². The molecule has 1 saturated heterocycles. The zero-order valence-corrected chi connectivity index (χ0v) is 14.4. The smallest absolute Gasteiger partial charge is 0.263 e. The van der Waals surface area contributed by atoms with E-state index in [-0.39, 0.29) is 17.6 Å². The first kappa shape index (κ1) is 17.4. The maximum Gasteiger partial charge on any atom is 0.263 e. The van der Waals surface area contributed by atoms with E-state index in [0.29, 0.717) is 24.7 Å². The molecule has 7 heteroatoms. The van der Waals surface area contributed by atoms with Crippen LogP contribution in [0.5, 0.6) is 5.75 Å². The molecule has 2 heterocycles. The minimum Gasteiger partial charge on any atom is -0.481 e. The van der Waals surface area contributed by atoms with E-state index in [1.165, 1.54) is 24.3 Å². The fourth-order valence-corrected chi connectivity index (χ4v) is 2.95. The van der Waals surface area contributed by atoms with Gasteiger partial charge in [-0.15, -0.1) is 0 Å². The second-order valence-electron chi connectivity index (χ2n) is 6.22. The van der Waals surface area contributed by atoms with Crippen LogP contribution in [0.2, 0.25) is 0 Å². The van der Waals surface area contributed by atoms with E-state index >= 15 is 0 Å². The number of hydrogen-bond acceptors (Lipinski definition) is 5. The van der Waals surface area contributed by atoms with Gasteiger partial charge in [-0.2, -0.15) is 4.98 Å². The summed E-state index contributed by atoms with van der Waals surface area (Å²) < 4.78 is 23.8. The molecule has 2 aromatic rings. The average molecular weight is 347 g/mol. The molecule has 1 aliphatic heterocycles. The lowest BCUT2D eigenvalue weighted by molar-refractivity contribution is -0.139. The Hall–Kier alpha value is -2.44. The van der Waals surface area contributed by atoms with E-state index in [1.54, 1.807) is 11.8 Å². The molecule has 0 spiro atoms. The van der Waals surface area contributed by atoms with Gasteiger partial charge in [0.2, 0.25) is 5.89 Å². The monoisotopic (exact) mass is 347 g/mol. The van der Waals surface area contributed by atoms with Crippen LogP contribution in [0.25, 0.3) is 0 Å². The summed E-state index contributed by atoms with van der Waals surface area (Å²) in [6, 6.07) is 5.67. The average Bonchev–Trinajstić information content (AvgIpc) is 3.12. The molecule has 1 aromatic carbocycles. The van der Waals surface area contributed by atoms with E-state index in [1.807, 2.05) is 6.92 Å². The molecule has 0 aliphatic carbocycles. The van der Waals surface area contributed by atoms with E-state index in [2.05, 4.69) is 10.1 Å². The fourth-order valence-electron chi connectivity index (χ4n) is 2.95. The first-order chi connectivity index (χ1) is 12.1. The number of aryl methyl sites for hydroxylation is 1. The second kappa shape index (κ2) is 7.63. The molecule has 1 aromatic heterocycles. The maximum atomic E-state index is 12.9. The number of likely N-dealkylation sites (tertiary alicyclic amines) is 1. The first-order valence-electron chi connectivity index (χ1n) is 8.60. The third-order valence-corrected chi connectivity index (χ3v) is 4.43. The second-order valence-corrected chi connectivity index (χ2v) is 6.22. The predicted molar refractivity (Wildman–Crippen MR) is 88.7 cm³/mol. The molecule has 0 saturated carbocycles. The Morgan fingerprint density at radius 1 is 1.36 bits per heavy atom. The molecule has 1 aliphatic rings. The van der Waals surface area contributed by atoms with Crippen LogP contribution in [0, 0.1) is 5.82 Å². The van der Waals surface area contributed by atoms with Crippen molar-refractivity contribution in [2.24, 2.45) is 0 Å². The number of aromatic nitrogens is 2. The molecule has 0 bridgehead atoms. The zero-order valence-electron chi connectivity index (χ0n) is 14.4. The van der Waals surface area contributed by atoms with Gasteiger partial charge in [-0.1, -0.05) is 12.1 Å². The number of piperidine rings is 1. The summed E-state index contributed by atoms with van der Waals surface area (Å²) in [6.45, 7) is 4.95. The van der Waals surface area contributed by atoms with Crippen LogP contribution in [0.1, 0.15) is 44.3 Å².